The van der Waals surface area contributed by atoms with E-state index in [2.05, 4.69) is 27.9 Å². The number of alkyl halides is 1. The summed E-state index contributed by atoms with van der Waals surface area (Å²) in [5, 5.41) is 2.54. The first-order chi connectivity index (χ1) is 6.84. The fraction of sp³-hybridized carbons (Fsp3) is 0.364. The minimum atomic E-state index is -0.0411. The monoisotopic (exact) mass is 307 g/mol. The maximum absolute atomic E-state index is 10.9. The Morgan fingerprint density at radius 2 is 1.57 bits per heavy atom. The van der Waals surface area contributed by atoms with Crippen LogP contribution >= 0.6 is 22.6 Å². The molecule has 1 amide bonds. The van der Waals surface area contributed by atoms with Crippen LogP contribution in [0.4, 0.5) is 0 Å². The summed E-state index contributed by atoms with van der Waals surface area (Å²) in [5.41, 5.74) is 0.699. The highest BCUT2D eigenvalue weighted by atomic mass is 127. The molecular formula is C11H18INO. The van der Waals surface area contributed by atoms with Gasteiger partial charge in [-0.05, 0) is 17.1 Å². The summed E-state index contributed by atoms with van der Waals surface area (Å²) in [6, 6.07) is 9.11. The molecular weight excluding hydrogens is 289 g/mol. The van der Waals surface area contributed by atoms with Crippen molar-refractivity contribution in [1.82, 2.24) is 5.32 Å². The number of hydrogen-bond donors (Lipinski definition) is 1. The molecule has 14 heavy (non-hydrogen) atoms. The first-order valence-corrected chi connectivity index (χ1v) is 6.65. The highest BCUT2D eigenvalue weighted by molar-refractivity contribution is 14.1. The lowest BCUT2D eigenvalue weighted by molar-refractivity contribution is 0.0963. The molecule has 0 fully saturated rings. The third-order valence-corrected chi connectivity index (χ3v) is 1.26. The second-order valence-electron chi connectivity index (χ2n) is 1.95. The molecule has 0 spiro atoms. The topological polar surface area (TPSA) is 29.1 Å². The lowest BCUT2D eigenvalue weighted by atomic mass is 10.2. The van der Waals surface area contributed by atoms with Gasteiger partial charge in [0.1, 0.15) is 0 Å². The Morgan fingerprint density at radius 3 is 1.93 bits per heavy atom. The van der Waals surface area contributed by atoms with Gasteiger partial charge in [0.25, 0.3) is 5.91 Å². The van der Waals surface area contributed by atoms with Crippen LogP contribution in [0.5, 0.6) is 0 Å². The van der Waals surface area contributed by atoms with E-state index >= 15 is 0 Å². The number of benzene rings is 1. The minimum Gasteiger partial charge on any atom is -0.355 e. The first kappa shape index (κ1) is 15.9. The van der Waals surface area contributed by atoms with Gasteiger partial charge >= 0.3 is 0 Å². The zero-order valence-electron chi connectivity index (χ0n) is 9.17. The van der Waals surface area contributed by atoms with Crippen LogP contribution in [0.25, 0.3) is 0 Å². The number of halogens is 1. The summed E-state index contributed by atoms with van der Waals surface area (Å²) < 4.78 is 0. The van der Waals surface area contributed by atoms with Gasteiger partial charge in [0.2, 0.25) is 0 Å². The molecule has 0 saturated heterocycles. The summed E-state index contributed by atoms with van der Waals surface area (Å²) in [6.45, 7) is 4.00. The molecule has 1 N–H and O–H groups in total. The Morgan fingerprint density at radius 1 is 1.14 bits per heavy atom. The molecule has 2 nitrogen and oxygen atoms in total. The van der Waals surface area contributed by atoms with Crippen molar-refractivity contribution in [3.8, 4) is 0 Å². The molecule has 1 aromatic rings. The Bertz CT molecular complexity index is 224. The molecule has 0 aliphatic heterocycles. The van der Waals surface area contributed by atoms with E-state index in [1.54, 1.807) is 19.2 Å². The average Bonchev–Trinajstić information content (AvgIpc) is 2.34. The normalized spacial score (nSPS) is 7.21. The van der Waals surface area contributed by atoms with E-state index in [4.69, 9.17) is 0 Å². The van der Waals surface area contributed by atoms with Crippen LogP contribution in [0, 0.1) is 0 Å². The Balaban J connectivity index is 0. The number of carbonyl (C=O) groups excluding carboxylic acids is 1. The van der Waals surface area contributed by atoms with Crippen molar-refractivity contribution in [2.75, 3.05) is 12.0 Å². The van der Waals surface area contributed by atoms with Crippen LogP contribution in [-0.4, -0.2) is 17.9 Å². The molecule has 0 unspecified atom stereocenters. The van der Waals surface area contributed by atoms with Gasteiger partial charge in [-0.25, -0.2) is 0 Å². The highest BCUT2D eigenvalue weighted by Gasteiger charge is 1.97. The average molecular weight is 307 g/mol. The van der Waals surface area contributed by atoms with Gasteiger partial charge in [-0.2, -0.15) is 0 Å². The summed E-state index contributed by atoms with van der Waals surface area (Å²) >= 11 is 2.15. The van der Waals surface area contributed by atoms with Crippen LogP contribution in [0.3, 0.4) is 0 Å². The maximum atomic E-state index is 10.9. The predicted molar refractivity (Wildman–Crippen MR) is 71.1 cm³/mol. The van der Waals surface area contributed by atoms with Gasteiger partial charge < -0.3 is 5.32 Å². The molecule has 3 heteroatoms. The van der Waals surface area contributed by atoms with Crippen LogP contribution in [0.1, 0.15) is 24.2 Å². The van der Waals surface area contributed by atoms with Crippen LogP contribution in [0.15, 0.2) is 30.3 Å². The van der Waals surface area contributed by atoms with Crippen LogP contribution < -0.4 is 5.32 Å². The quantitative estimate of drug-likeness (QED) is 0.627. The Hall–Kier alpha value is -0.580. The fourth-order valence-electron chi connectivity index (χ4n) is 0.734. The van der Waals surface area contributed by atoms with E-state index < -0.39 is 0 Å². The third kappa shape index (κ3) is 6.88. The van der Waals surface area contributed by atoms with Crippen molar-refractivity contribution in [1.29, 1.82) is 0 Å². The zero-order chi connectivity index (χ0) is 11.4. The smallest absolute Gasteiger partial charge is 0.251 e. The van der Waals surface area contributed by atoms with E-state index in [0.29, 0.717) is 5.56 Å². The van der Waals surface area contributed by atoms with Crippen molar-refractivity contribution < 1.29 is 4.79 Å². The van der Waals surface area contributed by atoms with Gasteiger partial charge in [0.15, 0.2) is 0 Å². The molecule has 0 aromatic heterocycles. The number of nitrogens with one attached hydrogen (secondary N) is 1. The molecule has 0 radical (unpaired) electrons. The van der Waals surface area contributed by atoms with E-state index in [0.717, 1.165) is 0 Å². The molecule has 0 saturated carbocycles. The molecule has 0 aliphatic carbocycles. The highest BCUT2D eigenvalue weighted by Crippen LogP contribution is 1.96. The van der Waals surface area contributed by atoms with Crippen molar-refractivity contribution in [3.63, 3.8) is 0 Å². The van der Waals surface area contributed by atoms with Gasteiger partial charge in [0.05, 0.1) is 0 Å². The zero-order valence-corrected chi connectivity index (χ0v) is 11.3. The van der Waals surface area contributed by atoms with E-state index in [-0.39, 0.29) is 5.91 Å². The van der Waals surface area contributed by atoms with Crippen molar-refractivity contribution in [2.24, 2.45) is 0 Å². The Labute approximate surface area is 100 Å². The lowest BCUT2D eigenvalue weighted by Crippen LogP contribution is -2.17. The third-order valence-electron chi connectivity index (χ3n) is 1.26. The molecule has 0 heterocycles. The molecule has 0 aliphatic rings. The van der Waals surface area contributed by atoms with Gasteiger partial charge in [-0.3, -0.25) is 4.79 Å². The van der Waals surface area contributed by atoms with Crippen molar-refractivity contribution >= 4 is 28.5 Å². The van der Waals surface area contributed by atoms with Gasteiger partial charge in [-0.1, -0.05) is 54.6 Å². The summed E-state index contributed by atoms with van der Waals surface area (Å²) in [5.74, 6) is -0.0411. The van der Waals surface area contributed by atoms with Crippen LogP contribution in [0.2, 0.25) is 0 Å². The SMILES string of the molecule is CC.CI.CNC(=O)c1ccccc1. The van der Waals surface area contributed by atoms with Crippen molar-refractivity contribution in [3.05, 3.63) is 35.9 Å². The van der Waals surface area contributed by atoms with E-state index in [1.165, 1.54) is 0 Å². The summed E-state index contributed by atoms with van der Waals surface area (Å²) in [7, 11) is 1.62. The predicted octanol–water partition coefficient (Wildman–Crippen LogP) is 3.12. The van der Waals surface area contributed by atoms with E-state index in [9.17, 15) is 4.79 Å². The maximum Gasteiger partial charge on any atom is 0.251 e. The summed E-state index contributed by atoms with van der Waals surface area (Å²) in [6.07, 6.45) is 0. The largest absolute Gasteiger partial charge is 0.355 e. The van der Waals surface area contributed by atoms with Crippen LogP contribution in [-0.2, 0) is 0 Å². The fourth-order valence-corrected chi connectivity index (χ4v) is 0.734. The van der Waals surface area contributed by atoms with Crippen molar-refractivity contribution in [2.45, 2.75) is 13.8 Å². The van der Waals surface area contributed by atoms with Gasteiger partial charge in [-0.15, -0.1) is 0 Å². The lowest BCUT2D eigenvalue weighted by Gasteiger charge is -1.96. The standard InChI is InChI=1S/C8H9NO.C2H6.CH3I/c1-9-8(10)7-5-3-2-4-6-7;2*1-2/h2-6H,1H3,(H,9,10);1-2H3;1H3. The number of amides is 1. The molecule has 0 atom stereocenters. The number of hydrogen-bond acceptors (Lipinski definition) is 1. The molecule has 0 bridgehead atoms. The molecule has 1 aromatic carbocycles. The Kier molecular flexibility index (Phi) is 14.1. The second kappa shape index (κ2) is 12.4. The molecule has 1 rings (SSSR count). The first-order valence-electron chi connectivity index (χ1n) is 4.49. The van der Waals surface area contributed by atoms with E-state index in [1.807, 2.05) is 37.0 Å². The number of carbonyl (C=O) groups is 1. The number of rotatable bonds is 1. The summed E-state index contributed by atoms with van der Waals surface area (Å²) in [4.78, 5) is 12.9. The van der Waals surface area contributed by atoms with Gasteiger partial charge in [0, 0.05) is 12.6 Å². The second-order valence-corrected chi connectivity index (χ2v) is 1.95. The minimum absolute atomic E-state index is 0.0411. The molecule has 80 valence electrons.